The first kappa shape index (κ1) is 18.5. The summed E-state index contributed by atoms with van der Waals surface area (Å²) in [6, 6.07) is 6.64. The number of rotatable bonds is 6. The van der Waals surface area contributed by atoms with E-state index in [0.29, 0.717) is 38.2 Å². The second-order valence-electron chi connectivity index (χ2n) is 6.53. The SMILES string of the molecule is Cc1nccnc1CC[C@@H]1COCCN1C(=O)CCc1ccccc1F. The smallest absolute Gasteiger partial charge is 0.223 e. The molecule has 0 N–H and O–H groups in total. The van der Waals surface area contributed by atoms with Crippen LogP contribution in [-0.4, -0.2) is 46.6 Å². The molecule has 0 aliphatic carbocycles. The number of hydrogen-bond donors (Lipinski definition) is 0. The van der Waals surface area contributed by atoms with Gasteiger partial charge in [-0.15, -0.1) is 0 Å². The molecule has 26 heavy (non-hydrogen) atoms. The Labute approximate surface area is 153 Å². The topological polar surface area (TPSA) is 55.3 Å². The third-order valence-electron chi connectivity index (χ3n) is 4.81. The van der Waals surface area contributed by atoms with Crippen LogP contribution in [0.3, 0.4) is 0 Å². The van der Waals surface area contributed by atoms with E-state index in [1.54, 1.807) is 30.6 Å². The molecular formula is C20H24FN3O2. The molecule has 0 spiro atoms. The Morgan fingerprint density at radius 3 is 2.88 bits per heavy atom. The van der Waals surface area contributed by atoms with Gasteiger partial charge in [0.15, 0.2) is 0 Å². The summed E-state index contributed by atoms with van der Waals surface area (Å²) >= 11 is 0. The van der Waals surface area contributed by atoms with Gasteiger partial charge in [-0.1, -0.05) is 18.2 Å². The predicted octanol–water partition coefficient (Wildman–Crippen LogP) is 2.72. The Morgan fingerprint density at radius 1 is 1.27 bits per heavy atom. The molecule has 5 nitrogen and oxygen atoms in total. The van der Waals surface area contributed by atoms with E-state index >= 15 is 0 Å². The highest BCUT2D eigenvalue weighted by Crippen LogP contribution is 2.17. The van der Waals surface area contributed by atoms with Gasteiger partial charge in [0, 0.05) is 25.4 Å². The third kappa shape index (κ3) is 4.64. The summed E-state index contributed by atoms with van der Waals surface area (Å²) in [6.45, 7) is 3.61. The Kier molecular flexibility index (Phi) is 6.28. The van der Waals surface area contributed by atoms with E-state index in [-0.39, 0.29) is 17.8 Å². The molecule has 0 bridgehead atoms. The zero-order valence-electron chi connectivity index (χ0n) is 15.0. The minimum Gasteiger partial charge on any atom is -0.377 e. The van der Waals surface area contributed by atoms with Gasteiger partial charge in [-0.25, -0.2) is 4.39 Å². The number of morpholine rings is 1. The van der Waals surface area contributed by atoms with Crippen molar-refractivity contribution in [3.63, 3.8) is 0 Å². The number of benzene rings is 1. The van der Waals surface area contributed by atoms with E-state index in [1.165, 1.54) is 6.07 Å². The first-order chi connectivity index (χ1) is 12.6. The normalized spacial score (nSPS) is 17.3. The molecule has 1 amide bonds. The average molecular weight is 357 g/mol. The number of amides is 1. The minimum atomic E-state index is -0.253. The maximum absolute atomic E-state index is 13.7. The van der Waals surface area contributed by atoms with E-state index in [9.17, 15) is 9.18 Å². The Balaban J connectivity index is 1.58. The first-order valence-electron chi connectivity index (χ1n) is 9.02. The van der Waals surface area contributed by atoms with E-state index in [0.717, 1.165) is 24.2 Å². The van der Waals surface area contributed by atoms with Gasteiger partial charge in [-0.2, -0.15) is 0 Å². The van der Waals surface area contributed by atoms with E-state index in [4.69, 9.17) is 4.74 Å². The van der Waals surface area contributed by atoms with Crippen molar-refractivity contribution in [3.05, 3.63) is 59.4 Å². The summed E-state index contributed by atoms with van der Waals surface area (Å²) in [5.41, 5.74) is 2.46. The van der Waals surface area contributed by atoms with Crippen LogP contribution in [0.15, 0.2) is 36.7 Å². The van der Waals surface area contributed by atoms with Gasteiger partial charge in [0.1, 0.15) is 5.82 Å². The van der Waals surface area contributed by atoms with Crippen LogP contribution in [0.25, 0.3) is 0 Å². The quantitative estimate of drug-likeness (QED) is 0.798. The van der Waals surface area contributed by atoms with Gasteiger partial charge in [0.2, 0.25) is 5.91 Å². The third-order valence-corrected chi connectivity index (χ3v) is 4.81. The van der Waals surface area contributed by atoms with Crippen LogP contribution in [0.2, 0.25) is 0 Å². The maximum Gasteiger partial charge on any atom is 0.223 e. The molecule has 1 atom stereocenters. The van der Waals surface area contributed by atoms with Gasteiger partial charge in [0.25, 0.3) is 0 Å². The van der Waals surface area contributed by atoms with E-state index < -0.39 is 0 Å². The maximum atomic E-state index is 13.7. The van der Waals surface area contributed by atoms with Crippen LogP contribution < -0.4 is 0 Å². The van der Waals surface area contributed by atoms with Crippen molar-refractivity contribution in [2.75, 3.05) is 19.8 Å². The van der Waals surface area contributed by atoms with Crippen molar-refractivity contribution in [2.45, 2.75) is 38.6 Å². The van der Waals surface area contributed by atoms with Crippen LogP contribution in [-0.2, 0) is 22.4 Å². The van der Waals surface area contributed by atoms with Crippen molar-refractivity contribution in [1.82, 2.24) is 14.9 Å². The molecule has 1 aliphatic rings. The Bertz CT molecular complexity index is 753. The number of carbonyl (C=O) groups is 1. The first-order valence-corrected chi connectivity index (χ1v) is 9.02. The number of aromatic nitrogens is 2. The highest BCUT2D eigenvalue weighted by molar-refractivity contribution is 5.77. The van der Waals surface area contributed by atoms with Crippen LogP contribution in [0.4, 0.5) is 4.39 Å². The standard InChI is InChI=1S/C20H24FN3O2/c1-15-19(23-11-10-22-15)8-7-17-14-26-13-12-24(17)20(25)9-6-16-4-2-3-5-18(16)21/h2-5,10-11,17H,6-9,12-14H2,1H3/t17-/m1/s1. The minimum absolute atomic E-state index is 0.0262. The summed E-state index contributed by atoms with van der Waals surface area (Å²) < 4.78 is 19.3. The molecule has 2 heterocycles. The molecule has 3 rings (SSSR count). The molecule has 1 aromatic heterocycles. The van der Waals surface area contributed by atoms with Crippen LogP contribution in [0.5, 0.6) is 0 Å². The lowest BCUT2D eigenvalue weighted by Gasteiger charge is -2.36. The number of halogens is 1. The number of aryl methyl sites for hydroxylation is 3. The molecule has 0 radical (unpaired) electrons. The van der Waals surface area contributed by atoms with E-state index in [1.807, 2.05) is 11.8 Å². The molecule has 1 aromatic carbocycles. The second kappa shape index (κ2) is 8.85. The Hall–Kier alpha value is -2.34. The van der Waals surface area contributed by atoms with Crippen molar-refractivity contribution < 1.29 is 13.9 Å². The molecule has 0 unspecified atom stereocenters. The lowest BCUT2D eigenvalue weighted by molar-refractivity contribution is -0.140. The Morgan fingerprint density at radius 2 is 2.08 bits per heavy atom. The fourth-order valence-corrected chi connectivity index (χ4v) is 3.29. The number of ether oxygens (including phenoxy) is 1. The lowest BCUT2D eigenvalue weighted by atomic mass is 10.0. The zero-order chi connectivity index (χ0) is 18.4. The summed E-state index contributed by atoms with van der Waals surface area (Å²) in [7, 11) is 0. The highest BCUT2D eigenvalue weighted by atomic mass is 19.1. The van der Waals surface area contributed by atoms with Gasteiger partial charge in [-0.3, -0.25) is 14.8 Å². The fraction of sp³-hybridized carbons (Fsp3) is 0.450. The van der Waals surface area contributed by atoms with Crippen LogP contribution >= 0.6 is 0 Å². The monoisotopic (exact) mass is 357 g/mol. The van der Waals surface area contributed by atoms with E-state index in [2.05, 4.69) is 9.97 Å². The number of carbonyl (C=O) groups excluding carboxylic acids is 1. The predicted molar refractivity (Wildman–Crippen MR) is 96.1 cm³/mol. The zero-order valence-corrected chi connectivity index (χ0v) is 15.0. The summed E-state index contributed by atoms with van der Waals surface area (Å²) in [5.74, 6) is -0.200. The van der Waals surface area contributed by atoms with Crippen LogP contribution in [0, 0.1) is 12.7 Å². The van der Waals surface area contributed by atoms with Gasteiger partial charge >= 0.3 is 0 Å². The molecule has 1 fully saturated rings. The van der Waals surface area contributed by atoms with Gasteiger partial charge in [-0.05, 0) is 37.8 Å². The van der Waals surface area contributed by atoms with Crippen molar-refractivity contribution in [3.8, 4) is 0 Å². The number of nitrogens with zero attached hydrogens (tertiary/aromatic N) is 3. The molecule has 1 saturated heterocycles. The van der Waals surface area contributed by atoms with Crippen molar-refractivity contribution in [2.24, 2.45) is 0 Å². The van der Waals surface area contributed by atoms with Crippen molar-refractivity contribution in [1.29, 1.82) is 0 Å². The number of hydrogen-bond acceptors (Lipinski definition) is 4. The molecular weight excluding hydrogens is 333 g/mol. The van der Waals surface area contributed by atoms with Crippen molar-refractivity contribution >= 4 is 5.91 Å². The average Bonchev–Trinajstić information content (AvgIpc) is 2.67. The summed E-state index contributed by atoms with van der Waals surface area (Å²) in [6.07, 6.45) is 5.63. The van der Waals surface area contributed by atoms with Gasteiger partial charge < -0.3 is 9.64 Å². The second-order valence-corrected chi connectivity index (χ2v) is 6.53. The summed E-state index contributed by atoms with van der Waals surface area (Å²) in [5, 5.41) is 0. The molecule has 0 saturated carbocycles. The molecule has 138 valence electrons. The van der Waals surface area contributed by atoms with Crippen LogP contribution in [0.1, 0.15) is 29.8 Å². The van der Waals surface area contributed by atoms with Gasteiger partial charge in [0.05, 0.1) is 30.6 Å². The fourth-order valence-electron chi connectivity index (χ4n) is 3.29. The lowest BCUT2D eigenvalue weighted by Crippen LogP contribution is -2.49. The highest BCUT2D eigenvalue weighted by Gasteiger charge is 2.27. The molecule has 1 aliphatic heterocycles. The molecule has 2 aromatic rings. The largest absolute Gasteiger partial charge is 0.377 e. The molecule has 6 heteroatoms. The summed E-state index contributed by atoms with van der Waals surface area (Å²) in [4.78, 5) is 23.2.